The van der Waals surface area contributed by atoms with Gasteiger partial charge in [0.15, 0.2) is 5.96 Å². The van der Waals surface area contributed by atoms with E-state index in [0.29, 0.717) is 24.6 Å². The SMILES string of the molecule is CCNC(=NCc1ccc(C(=O)NCC(N)=O)cc1)NCc1ccccn1.I. The Balaban J connectivity index is 0.00000392. The maximum absolute atomic E-state index is 11.9. The van der Waals surface area contributed by atoms with Crippen molar-refractivity contribution in [2.24, 2.45) is 10.7 Å². The fraction of sp³-hybridized carbons (Fsp3) is 0.263. The van der Waals surface area contributed by atoms with Crippen LogP contribution in [0.5, 0.6) is 0 Å². The van der Waals surface area contributed by atoms with Crippen molar-refractivity contribution in [1.29, 1.82) is 0 Å². The summed E-state index contributed by atoms with van der Waals surface area (Å²) in [6.07, 6.45) is 1.75. The van der Waals surface area contributed by atoms with Crippen LogP contribution in [0.2, 0.25) is 0 Å². The molecule has 0 aliphatic heterocycles. The molecule has 1 heterocycles. The fourth-order valence-electron chi connectivity index (χ4n) is 2.22. The first kappa shape index (κ1) is 23.3. The zero-order valence-corrected chi connectivity index (χ0v) is 18.0. The van der Waals surface area contributed by atoms with E-state index in [1.54, 1.807) is 18.3 Å². The molecule has 0 aliphatic rings. The molecule has 28 heavy (non-hydrogen) atoms. The van der Waals surface area contributed by atoms with Crippen LogP contribution in [-0.4, -0.2) is 35.8 Å². The number of nitrogens with one attached hydrogen (secondary N) is 3. The van der Waals surface area contributed by atoms with Crippen molar-refractivity contribution in [2.75, 3.05) is 13.1 Å². The number of amides is 2. The Morgan fingerprint density at radius 2 is 1.82 bits per heavy atom. The summed E-state index contributed by atoms with van der Waals surface area (Å²) in [4.78, 5) is 31.4. The molecule has 9 heteroatoms. The van der Waals surface area contributed by atoms with E-state index in [1.807, 2.05) is 37.3 Å². The first-order valence-electron chi connectivity index (χ1n) is 8.66. The molecule has 1 aromatic carbocycles. The molecule has 150 valence electrons. The van der Waals surface area contributed by atoms with Gasteiger partial charge in [-0.1, -0.05) is 18.2 Å². The van der Waals surface area contributed by atoms with Crippen LogP contribution in [0.4, 0.5) is 0 Å². The van der Waals surface area contributed by atoms with Gasteiger partial charge in [0.1, 0.15) is 0 Å². The van der Waals surface area contributed by atoms with E-state index in [9.17, 15) is 9.59 Å². The average molecular weight is 496 g/mol. The van der Waals surface area contributed by atoms with Crippen molar-refractivity contribution in [3.63, 3.8) is 0 Å². The second-order valence-electron chi connectivity index (χ2n) is 5.72. The number of pyridine rings is 1. The van der Waals surface area contributed by atoms with E-state index >= 15 is 0 Å². The minimum atomic E-state index is -0.580. The third-order valence-corrected chi connectivity index (χ3v) is 3.57. The number of carbonyl (C=O) groups excluding carboxylic acids is 2. The third kappa shape index (κ3) is 8.33. The van der Waals surface area contributed by atoms with Crippen LogP contribution in [0.25, 0.3) is 0 Å². The van der Waals surface area contributed by atoms with E-state index in [-0.39, 0.29) is 36.4 Å². The molecular weight excluding hydrogens is 471 g/mol. The quantitative estimate of drug-likeness (QED) is 0.249. The van der Waals surface area contributed by atoms with Crippen LogP contribution in [-0.2, 0) is 17.9 Å². The molecule has 0 atom stereocenters. The Kier molecular flexibility index (Phi) is 10.6. The van der Waals surface area contributed by atoms with Crippen molar-refractivity contribution < 1.29 is 9.59 Å². The number of carbonyl (C=O) groups is 2. The number of nitrogens with two attached hydrogens (primary N) is 1. The van der Waals surface area contributed by atoms with Gasteiger partial charge >= 0.3 is 0 Å². The van der Waals surface area contributed by atoms with Gasteiger partial charge in [-0.3, -0.25) is 14.6 Å². The molecule has 0 radical (unpaired) electrons. The van der Waals surface area contributed by atoms with Crippen molar-refractivity contribution in [3.8, 4) is 0 Å². The largest absolute Gasteiger partial charge is 0.368 e. The van der Waals surface area contributed by atoms with Gasteiger partial charge in [-0.2, -0.15) is 0 Å². The zero-order valence-electron chi connectivity index (χ0n) is 15.6. The third-order valence-electron chi connectivity index (χ3n) is 3.57. The molecule has 0 fully saturated rings. The summed E-state index contributed by atoms with van der Waals surface area (Å²) in [7, 11) is 0. The molecular formula is C19H25IN6O2. The van der Waals surface area contributed by atoms with Gasteiger partial charge in [0.2, 0.25) is 5.91 Å². The predicted octanol–water partition coefficient (Wildman–Crippen LogP) is 1.17. The molecule has 0 bridgehead atoms. The second kappa shape index (κ2) is 12.7. The number of aliphatic imine (C=N–C) groups is 1. The van der Waals surface area contributed by atoms with Gasteiger partial charge < -0.3 is 21.7 Å². The lowest BCUT2D eigenvalue weighted by molar-refractivity contribution is -0.117. The van der Waals surface area contributed by atoms with E-state index in [0.717, 1.165) is 17.8 Å². The highest BCUT2D eigenvalue weighted by atomic mass is 127. The molecule has 8 nitrogen and oxygen atoms in total. The Hall–Kier alpha value is -2.69. The molecule has 5 N–H and O–H groups in total. The number of nitrogens with zero attached hydrogens (tertiary/aromatic N) is 2. The molecule has 1 aromatic heterocycles. The predicted molar refractivity (Wildman–Crippen MR) is 119 cm³/mol. The average Bonchev–Trinajstić information content (AvgIpc) is 2.69. The van der Waals surface area contributed by atoms with Crippen LogP contribution < -0.4 is 21.7 Å². The summed E-state index contributed by atoms with van der Waals surface area (Å²) in [5.74, 6) is -0.232. The van der Waals surface area contributed by atoms with Gasteiger partial charge in [-0.25, -0.2) is 4.99 Å². The second-order valence-corrected chi connectivity index (χ2v) is 5.72. The summed E-state index contributed by atoms with van der Waals surface area (Å²) in [5, 5.41) is 8.87. The Morgan fingerprint density at radius 3 is 2.43 bits per heavy atom. The molecule has 0 unspecified atom stereocenters. The van der Waals surface area contributed by atoms with Crippen molar-refractivity contribution in [2.45, 2.75) is 20.0 Å². The number of hydrogen-bond acceptors (Lipinski definition) is 4. The Bertz CT molecular complexity index is 781. The lowest BCUT2D eigenvalue weighted by atomic mass is 10.1. The number of primary amides is 1. The number of rotatable bonds is 8. The van der Waals surface area contributed by atoms with E-state index < -0.39 is 5.91 Å². The minimum absolute atomic E-state index is 0. The van der Waals surface area contributed by atoms with Gasteiger partial charge in [0, 0.05) is 18.3 Å². The zero-order chi connectivity index (χ0) is 19.5. The summed E-state index contributed by atoms with van der Waals surface area (Å²) in [6, 6.07) is 12.8. The lowest BCUT2D eigenvalue weighted by Crippen LogP contribution is -2.37. The molecule has 2 aromatic rings. The number of benzene rings is 1. The van der Waals surface area contributed by atoms with Crippen LogP contribution >= 0.6 is 24.0 Å². The standard InChI is InChI=1S/C19H24N6O2.HI/c1-2-21-19(25-12-16-5-3-4-10-22-16)24-11-14-6-8-15(9-7-14)18(27)23-13-17(20)26;/h3-10H,2,11-13H2,1H3,(H2,20,26)(H,23,27)(H2,21,24,25);1H. The molecule has 0 aliphatic carbocycles. The molecule has 0 saturated carbocycles. The van der Waals surface area contributed by atoms with Crippen LogP contribution in [0.15, 0.2) is 53.7 Å². The first-order valence-corrected chi connectivity index (χ1v) is 8.66. The van der Waals surface area contributed by atoms with Crippen molar-refractivity contribution in [1.82, 2.24) is 20.9 Å². The summed E-state index contributed by atoms with van der Waals surface area (Å²) in [6.45, 7) is 3.59. The highest BCUT2D eigenvalue weighted by molar-refractivity contribution is 14.0. The van der Waals surface area contributed by atoms with Crippen LogP contribution in [0.1, 0.15) is 28.5 Å². The number of aromatic nitrogens is 1. The number of guanidine groups is 1. The van der Waals surface area contributed by atoms with E-state index in [2.05, 4.69) is 25.9 Å². The summed E-state index contributed by atoms with van der Waals surface area (Å²) >= 11 is 0. The van der Waals surface area contributed by atoms with Gasteiger partial charge in [0.05, 0.1) is 25.3 Å². The van der Waals surface area contributed by atoms with Gasteiger partial charge in [0.25, 0.3) is 5.91 Å². The normalized spacial score (nSPS) is 10.5. The van der Waals surface area contributed by atoms with Crippen LogP contribution in [0, 0.1) is 0 Å². The maximum atomic E-state index is 11.9. The fourth-order valence-corrected chi connectivity index (χ4v) is 2.22. The van der Waals surface area contributed by atoms with Crippen molar-refractivity contribution >= 4 is 41.8 Å². The smallest absolute Gasteiger partial charge is 0.251 e. The topological polar surface area (TPSA) is 122 Å². The monoisotopic (exact) mass is 496 g/mol. The molecule has 0 saturated heterocycles. The maximum Gasteiger partial charge on any atom is 0.251 e. The number of halogens is 1. The number of hydrogen-bond donors (Lipinski definition) is 4. The lowest BCUT2D eigenvalue weighted by Gasteiger charge is -2.11. The van der Waals surface area contributed by atoms with Gasteiger partial charge in [-0.15, -0.1) is 24.0 Å². The summed E-state index contributed by atoms with van der Waals surface area (Å²) in [5.41, 5.74) is 7.36. The van der Waals surface area contributed by atoms with Crippen molar-refractivity contribution in [3.05, 3.63) is 65.5 Å². The Labute approximate surface area is 181 Å². The first-order chi connectivity index (χ1) is 13.1. The Morgan fingerprint density at radius 1 is 1.07 bits per heavy atom. The molecule has 2 rings (SSSR count). The summed E-state index contributed by atoms with van der Waals surface area (Å²) < 4.78 is 0. The highest BCUT2D eigenvalue weighted by Crippen LogP contribution is 2.06. The highest BCUT2D eigenvalue weighted by Gasteiger charge is 2.06. The molecule has 2 amide bonds. The van der Waals surface area contributed by atoms with E-state index in [1.165, 1.54) is 0 Å². The van der Waals surface area contributed by atoms with E-state index in [4.69, 9.17) is 5.73 Å². The van der Waals surface area contributed by atoms with Gasteiger partial charge in [-0.05, 0) is 36.8 Å². The molecule has 0 spiro atoms. The van der Waals surface area contributed by atoms with Crippen LogP contribution in [0.3, 0.4) is 0 Å². The minimum Gasteiger partial charge on any atom is -0.368 e.